The van der Waals surface area contributed by atoms with Crippen molar-refractivity contribution in [1.82, 2.24) is 0 Å². The predicted molar refractivity (Wildman–Crippen MR) is 51.0 cm³/mol. The molecule has 0 saturated heterocycles. The third-order valence-electron chi connectivity index (χ3n) is 2.28. The third kappa shape index (κ3) is 1.95. The predicted octanol–water partition coefficient (Wildman–Crippen LogP) is 2.26. The van der Waals surface area contributed by atoms with Crippen molar-refractivity contribution in [3.63, 3.8) is 0 Å². The van der Waals surface area contributed by atoms with Gasteiger partial charge in [-0.15, -0.1) is 6.58 Å². The summed E-state index contributed by atoms with van der Waals surface area (Å²) >= 11 is 0. The van der Waals surface area contributed by atoms with Crippen molar-refractivity contribution in [3.8, 4) is 0 Å². The van der Waals surface area contributed by atoms with Gasteiger partial charge in [0.25, 0.3) is 0 Å². The first-order valence-electron chi connectivity index (χ1n) is 4.13. The van der Waals surface area contributed by atoms with Gasteiger partial charge < -0.3 is 5.11 Å². The van der Waals surface area contributed by atoms with Crippen LogP contribution in [0.5, 0.6) is 0 Å². The minimum absolute atomic E-state index is 0.0257. The molecule has 1 atom stereocenters. The summed E-state index contributed by atoms with van der Waals surface area (Å²) in [6.45, 7) is 5.48. The molecule has 1 aromatic rings. The summed E-state index contributed by atoms with van der Waals surface area (Å²) in [6.07, 6.45) is 1.67. The van der Waals surface area contributed by atoms with Gasteiger partial charge in [0, 0.05) is 5.41 Å². The zero-order valence-electron chi connectivity index (χ0n) is 7.63. The lowest BCUT2D eigenvalue weighted by Gasteiger charge is -2.23. The largest absolute Gasteiger partial charge is 0.395 e. The Labute approximate surface area is 77.5 Å². The molecule has 0 unspecified atom stereocenters. The van der Waals surface area contributed by atoms with Gasteiger partial charge in [0.15, 0.2) is 0 Å². The monoisotopic (exact) mass is 180 g/mol. The highest BCUT2D eigenvalue weighted by molar-refractivity contribution is 5.29. The number of aliphatic hydroxyl groups is 1. The maximum Gasteiger partial charge on any atom is 0.123 e. The highest BCUT2D eigenvalue weighted by atomic mass is 19.1. The Bertz CT molecular complexity index is 291. The molecule has 0 bridgehead atoms. The van der Waals surface area contributed by atoms with Crippen LogP contribution in [0.4, 0.5) is 4.39 Å². The third-order valence-corrected chi connectivity index (χ3v) is 2.28. The lowest BCUT2D eigenvalue weighted by molar-refractivity contribution is 0.236. The molecular formula is C11H13FO. The first-order chi connectivity index (χ1) is 6.12. The van der Waals surface area contributed by atoms with E-state index in [0.717, 1.165) is 5.56 Å². The number of hydrogen-bond acceptors (Lipinski definition) is 1. The summed E-state index contributed by atoms with van der Waals surface area (Å²) < 4.78 is 12.6. The molecule has 0 aliphatic rings. The quantitative estimate of drug-likeness (QED) is 0.707. The molecule has 13 heavy (non-hydrogen) atoms. The molecule has 2 heteroatoms. The first-order valence-corrected chi connectivity index (χ1v) is 4.13. The number of halogens is 1. The van der Waals surface area contributed by atoms with Crippen molar-refractivity contribution < 1.29 is 9.50 Å². The van der Waals surface area contributed by atoms with E-state index in [4.69, 9.17) is 5.11 Å². The number of rotatable bonds is 3. The molecule has 1 N–H and O–H groups in total. The fraction of sp³-hybridized carbons (Fsp3) is 0.273. The van der Waals surface area contributed by atoms with Gasteiger partial charge in [-0.1, -0.05) is 18.2 Å². The number of benzene rings is 1. The minimum Gasteiger partial charge on any atom is -0.395 e. The van der Waals surface area contributed by atoms with Crippen LogP contribution in [-0.2, 0) is 5.41 Å². The summed E-state index contributed by atoms with van der Waals surface area (Å²) in [4.78, 5) is 0. The lowest BCUT2D eigenvalue weighted by Crippen LogP contribution is -2.23. The molecule has 1 nitrogen and oxygen atoms in total. The van der Waals surface area contributed by atoms with E-state index in [1.165, 1.54) is 12.1 Å². The summed E-state index contributed by atoms with van der Waals surface area (Å²) in [6, 6.07) is 6.08. The Morgan fingerprint density at radius 1 is 1.46 bits per heavy atom. The molecule has 0 amide bonds. The van der Waals surface area contributed by atoms with Gasteiger partial charge in [-0.3, -0.25) is 0 Å². The van der Waals surface area contributed by atoms with E-state index in [0.29, 0.717) is 0 Å². The Hall–Kier alpha value is -1.15. The van der Waals surface area contributed by atoms with Crippen molar-refractivity contribution in [3.05, 3.63) is 48.3 Å². The minimum atomic E-state index is -0.478. The maximum absolute atomic E-state index is 12.6. The molecule has 0 aliphatic carbocycles. The lowest BCUT2D eigenvalue weighted by atomic mass is 9.84. The zero-order chi connectivity index (χ0) is 9.90. The van der Waals surface area contributed by atoms with Crippen molar-refractivity contribution in [2.45, 2.75) is 12.3 Å². The van der Waals surface area contributed by atoms with Gasteiger partial charge in [-0.25, -0.2) is 4.39 Å². The molecule has 0 radical (unpaired) electrons. The Morgan fingerprint density at radius 3 is 2.38 bits per heavy atom. The average molecular weight is 180 g/mol. The van der Waals surface area contributed by atoms with Gasteiger partial charge >= 0.3 is 0 Å². The van der Waals surface area contributed by atoms with Gasteiger partial charge in [-0.2, -0.15) is 0 Å². The molecule has 0 saturated carbocycles. The number of hydrogen-bond donors (Lipinski definition) is 1. The second kappa shape index (κ2) is 3.71. The van der Waals surface area contributed by atoms with Crippen LogP contribution in [0.1, 0.15) is 12.5 Å². The van der Waals surface area contributed by atoms with E-state index in [1.807, 2.05) is 6.92 Å². The van der Waals surface area contributed by atoms with E-state index in [1.54, 1.807) is 18.2 Å². The first kappa shape index (κ1) is 9.93. The average Bonchev–Trinajstić information content (AvgIpc) is 2.18. The van der Waals surface area contributed by atoms with Gasteiger partial charge in [0.2, 0.25) is 0 Å². The normalized spacial score (nSPS) is 15.0. The van der Waals surface area contributed by atoms with Crippen LogP contribution < -0.4 is 0 Å². The summed E-state index contributed by atoms with van der Waals surface area (Å²) in [7, 11) is 0. The second-order valence-corrected chi connectivity index (χ2v) is 3.29. The summed E-state index contributed by atoms with van der Waals surface area (Å²) in [5.41, 5.74) is 0.389. The molecule has 1 aromatic carbocycles. The molecule has 0 heterocycles. The molecule has 70 valence electrons. The summed E-state index contributed by atoms with van der Waals surface area (Å²) in [5, 5.41) is 9.14. The molecule has 1 rings (SSSR count). The topological polar surface area (TPSA) is 20.2 Å². The maximum atomic E-state index is 12.6. The highest BCUT2D eigenvalue weighted by Gasteiger charge is 2.21. The SMILES string of the molecule is C=C[C@@](C)(CO)c1ccc(F)cc1. The van der Waals surface area contributed by atoms with Gasteiger partial charge in [0.1, 0.15) is 5.82 Å². The molecule has 0 fully saturated rings. The van der Waals surface area contributed by atoms with Crippen LogP contribution in [0.3, 0.4) is 0 Å². The fourth-order valence-corrected chi connectivity index (χ4v) is 1.10. The van der Waals surface area contributed by atoms with Crippen molar-refractivity contribution in [2.24, 2.45) is 0 Å². The van der Waals surface area contributed by atoms with E-state index in [9.17, 15) is 4.39 Å². The standard InChI is InChI=1S/C11H13FO/c1-3-11(2,8-13)9-4-6-10(12)7-5-9/h3-7,13H,1,8H2,2H3/t11-/m0/s1. The second-order valence-electron chi connectivity index (χ2n) is 3.29. The van der Waals surface area contributed by atoms with E-state index >= 15 is 0 Å². The Morgan fingerprint density at radius 2 is 2.00 bits per heavy atom. The number of aliphatic hydroxyl groups excluding tert-OH is 1. The molecule has 0 spiro atoms. The van der Waals surface area contributed by atoms with Crippen LogP contribution in [0.15, 0.2) is 36.9 Å². The highest BCUT2D eigenvalue weighted by Crippen LogP contribution is 2.24. The van der Waals surface area contributed by atoms with Gasteiger partial charge in [0.05, 0.1) is 6.61 Å². The molecular weight excluding hydrogens is 167 g/mol. The van der Waals surface area contributed by atoms with Crippen molar-refractivity contribution >= 4 is 0 Å². The van der Waals surface area contributed by atoms with Crippen LogP contribution in [0.2, 0.25) is 0 Å². The Kier molecular flexibility index (Phi) is 2.83. The molecule has 0 aliphatic heterocycles. The Balaban J connectivity index is 3.06. The van der Waals surface area contributed by atoms with E-state index < -0.39 is 5.41 Å². The molecule has 0 aromatic heterocycles. The zero-order valence-corrected chi connectivity index (χ0v) is 7.63. The van der Waals surface area contributed by atoms with E-state index in [-0.39, 0.29) is 12.4 Å². The fourth-order valence-electron chi connectivity index (χ4n) is 1.10. The van der Waals surface area contributed by atoms with Crippen molar-refractivity contribution in [1.29, 1.82) is 0 Å². The van der Waals surface area contributed by atoms with Crippen LogP contribution in [0.25, 0.3) is 0 Å². The van der Waals surface area contributed by atoms with Crippen LogP contribution in [0, 0.1) is 5.82 Å². The van der Waals surface area contributed by atoms with Crippen LogP contribution in [-0.4, -0.2) is 11.7 Å². The van der Waals surface area contributed by atoms with E-state index in [2.05, 4.69) is 6.58 Å². The smallest absolute Gasteiger partial charge is 0.123 e. The van der Waals surface area contributed by atoms with Crippen LogP contribution >= 0.6 is 0 Å². The van der Waals surface area contributed by atoms with Gasteiger partial charge in [-0.05, 0) is 24.6 Å². The summed E-state index contributed by atoms with van der Waals surface area (Å²) in [5.74, 6) is -0.270. The van der Waals surface area contributed by atoms with Crippen molar-refractivity contribution in [2.75, 3.05) is 6.61 Å².